The second kappa shape index (κ2) is 6.49. The van der Waals surface area contributed by atoms with Gasteiger partial charge in [0.2, 0.25) is 0 Å². The molecule has 0 radical (unpaired) electrons. The third-order valence-corrected chi connectivity index (χ3v) is 5.19. The predicted molar refractivity (Wildman–Crippen MR) is 93.0 cm³/mol. The molecule has 0 aliphatic carbocycles. The Balaban J connectivity index is 2.01. The highest BCUT2D eigenvalue weighted by Crippen LogP contribution is 2.25. The normalized spacial score (nSPS) is 18.3. The maximum Gasteiger partial charge on any atom is 0.258 e. The van der Waals surface area contributed by atoms with Gasteiger partial charge in [0.15, 0.2) is 9.84 Å². The topological polar surface area (TPSA) is 63.7 Å². The van der Waals surface area contributed by atoms with Gasteiger partial charge in [0.05, 0.1) is 18.9 Å². The zero-order valence-corrected chi connectivity index (χ0v) is 13.9. The first kappa shape index (κ1) is 16.3. The SMILES string of the molecule is COc1cccc(C(=O)N(c2ccccc2)[C@@H]2C=CS(=O)(=O)C2)c1. The first-order chi connectivity index (χ1) is 11.5. The van der Waals surface area contributed by atoms with Crippen molar-refractivity contribution in [3.05, 3.63) is 71.6 Å². The summed E-state index contributed by atoms with van der Waals surface area (Å²) >= 11 is 0. The second-order valence-electron chi connectivity index (χ2n) is 5.47. The summed E-state index contributed by atoms with van der Waals surface area (Å²) in [6.45, 7) is 0. The molecule has 1 heterocycles. The summed E-state index contributed by atoms with van der Waals surface area (Å²) in [7, 11) is -1.74. The van der Waals surface area contributed by atoms with E-state index < -0.39 is 15.9 Å². The first-order valence-corrected chi connectivity index (χ1v) is 9.15. The van der Waals surface area contributed by atoms with E-state index in [-0.39, 0.29) is 11.7 Å². The molecular weight excluding hydrogens is 326 g/mol. The lowest BCUT2D eigenvalue weighted by Gasteiger charge is -2.28. The summed E-state index contributed by atoms with van der Waals surface area (Å²) in [6.07, 6.45) is 1.56. The Morgan fingerprint density at radius 3 is 2.50 bits per heavy atom. The highest BCUT2D eigenvalue weighted by Gasteiger charge is 2.32. The number of hydrogen-bond donors (Lipinski definition) is 0. The summed E-state index contributed by atoms with van der Waals surface area (Å²) in [4.78, 5) is 14.6. The molecule has 6 heteroatoms. The van der Waals surface area contributed by atoms with E-state index in [1.54, 1.807) is 42.5 Å². The summed E-state index contributed by atoms with van der Waals surface area (Å²) < 4.78 is 28.8. The van der Waals surface area contributed by atoms with Crippen molar-refractivity contribution in [2.24, 2.45) is 0 Å². The molecular formula is C18H17NO4S. The van der Waals surface area contributed by atoms with Gasteiger partial charge in [-0.1, -0.05) is 24.3 Å². The number of amides is 1. The molecule has 0 saturated heterocycles. The number of hydrogen-bond acceptors (Lipinski definition) is 4. The summed E-state index contributed by atoms with van der Waals surface area (Å²) in [5.74, 6) is 0.188. The molecule has 124 valence electrons. The fourth-order valence-electron chi connectivity index (χ4n) is 2.66. The van der Waals surface area contributed by atoms with Crippen LogP contribution in [0.5, 0.6) is 5.75 Å². The van der Waals surface area contributed by atoms with Crippen LogP contribution in [0.15, 0.2) is 66.1 Å². The minimum absolute atomic E-state index is 0.113. The average molecular weight is 343 g/mol. The van der Waals surface area contributed by atoms with E-state index >= 15 is 0 Å². The van der Waals surface area contributed by atoms with E-state index in [9.17, 15) is 13.2 Å². The molecule has 0 spiro atoms. The van der Waals surface area contributed by atoms with Crippen LogP contribution in [0.3, 0.4) is 0 Å². The van der Waals surface area contributed by atoms with Crippen LogP contribution in [0.1, 0.15) is 10.4 Å². The summed E-state index contributed by atoms with van der Waals surface area (Å²) in [6, 6.07) is 15.3. The van der Waals surface area contributed by atoms with Gasteiger partial charge < -0.3 is 9.64 Å². The van der Waals surface area contributed by atoms with Gasteiger partial charge in [-0.25, -0.2) is 8.42 Å². The molecule has 0 aromatic heterocycles. The molecule has 1 aliphatic heterocycles. The Bertz CT molecular complexity index is 875. The van der Waals surface area contributed by atoms with E-state index in [2.05, 4.69) is 0 Å². The smallest absolute Gasteiger partial charge is 0.258 e. The molecule has 2 aromatic rings. The molecule has 24 heavy (non-hydrogen) atoms. The second-order valence-corrected chi connectivity index (χ2v) is 7.40. The number of carbonyl (C=O) groups excluding carboxylic acids is 1. The van der Waals surface area contributed by atoms with Crippen molar-refractivity contribution in [2.75, 3.05) is 17.8 Å². The molecule has 1 amide bonds. The van der Waals surface area contributed by atoms with Crippen LogP contribution in [-0.2, 0) is 9.84 Å². The van der Waals surface area contributed by atoms with Gasteiger partial charge in [0.1, 0.15) is 5.75 Å². The number of ether oxygens (including phenoxy) is 1. The number of methoxy groups -OCH3 is 1. The van der Waals surface area contributed by atoms with Crippen LogP contribution in [0.2, 0.25) is 0 Å². The quantitative estimate of drug-likeness (QED) is 0.856. The lowest BCUT2D eigenvalue weighted by Crippen LogP contribution is -2.41. The van der Waals surface area contributed by atoms with Gasteiger partial charge in [-0.15, -0.1) is 0 Å². The van der Waals surface area contributed by atoms with E-state index in [0.717, 1.165) is 0 Å². The van der Waals surface area contributed by atoms with Crippen molar-refractivity contribution >= 4 is 21.4 Å². The third kappa shape index (κ3) is 3.33. The largest absolute Gasteiger partial charge is 0.497 e. The number of nitrogens with zero attached hydrogens (tertiary/aromatic N) is 1. The highest BCUT2D eigenvalue weighted by molar-refractivity contribution is 7.94. The number of sulfone groups is 1. The highest BCUT2D eigenvalue weighted by atomic mass is 32.2. The van der Waals surface area contributed by atoms with Crippen molar-refractivity contribution in [3.63, 3.8) is 0 Å². The van der Waals surface area contributed by atoms with E-state index in [1.807, 2.05) is 18.2 Å². The van der Waals surface area contributed by atoms with Crippen LogP contribution in [0, 0.1) is 0 Å². The molecule has 3 rings (SSSR count). The number of rotatable bonds is 4. The number of carbonyl (C=O) groups is 1. The lowest BCUT2D eigenvalue weighted by atomic mass is 10.1. The van der Waals surface area contributed by atoms with Crippen LogP contribution in [0.25, 0.3) is 0 Å². The van der Waals surface area contributed by atoms with Crippen LogP contribution >= 0.6 is 0 Å². The fourth-order valence-corrected chi connectivity index (χ4v) is 3.93. The van der Waals surface area contributed by atoms with Gasteiger partial charge in [-0.3, -0.25) is 4.79 Å². The Morgan fingerprint density at radius 1 is 1.12 bits per heavy atom. The maximum absolute atomic E-state index is 13.1. The molecule has 0 bridgehead atoms. The van der Waals surface area contributed by atoms with E-state index in [0.29, 0.717) is 17.0 Å². The Kier molecular flexibility index (Phi) is 4.40. The minimum Gasteiger partial charge on any atom is -0.497 e. The van der Waals surface area contributed by atoms with E-state index in [1.165, 1.54) is 17.4 Å². The molecule has 1 atom stereocenters. The fraction of sp³-hybridized carbons (Fsp3) is 0.167. The van der Waals surface area contributed by atoms with Crippen molar-refractivity contribution < 1.29 is 17.9 Å². The first-order valence-electron chi connectivity index (χ1n) is 7.44. The molecule has 5 nitrogen and oxygen atoms in total. The molecule has 2 aromatic carbocycles. The van der Waals surface area contributed by atoms with Gasteiger partial charge >= 0.3 is 0 Å². The predicted octanol–water partition coefficient (Wildman–Crippen LogP) is 2.65. The van der Waals surface area contributed by atoms with E-state index in [4.69, 9.17) is 4.74 Å². The zero-order chi connectivity index (χ0) is 17.2. The molecule has 0 unspecified atom stereocenters. The van der Waals surface area contributed by atoms with Crippen molar-refractivity contribution in [3.8, 4) is 5.75 Å². The van der Waals surface area contributed by atoms with Crippen molar-refractivity contribution in [2.45, 2.75) is 6.04 Å². The van der Waals surface area contributed by atoms with Gasteiger partial charge in [0.25, 0.3) is 5.91 Å². The van der Waals surface area contributed by atoms with Crippen LogP contribution < -0.4 is 9.64 Å². The lowest BCUT2D eigenvalue weighted by molar-refractivity contribution is 0.0983. The number of benzene rings is 2. The van der Waals surface area contributed by atoms with Crippen LogP contribution in [0.4, 0.5) is 5.69 Å². The molecule has 1 aliphatic rings. The van der Waals surface area contributed by atoms with Gasteiger partial charge in [-0.2, -0.15) is 0 Å². The maximum atomic E-state index is 13.1. The summed E-state index contributed by atoms with van der Waals surface area (Å²) in [5.41, 5.74) is 1.09. The molecule has 0 saturated carbocycles. The Hall–Kier alpha value is -2.60. The minimum atomic E-state index is -3.28. The molecule has 0 N–H and O–H groups in total. The Labute approximate surface area is 141 Å². The molecule has 0 fully saturated rings. The zero-order valence-electron chi connectivity index (χ0n) is 13.1. The monoisotopic (exact) mass is 343 g/mol. The van der Waals surface area contributed by atoms with Gasteiger partial charge in [-0.05, 0) is 36.4 Å². The summed E-state index contributed by atoms with van der Waals surface area (Å²) in [5, 5.41) is 1.17. The standard InChI is InChI=1S/C18H17NO4S/c1-23-17-9-5-6-14(12-17)18(20)19(15-7-3-2-4-8-15)16-10-11-24(21,22)13-16/h2-12,16H,13H2,1H3/t16-/m1/s1. The van der Waals surface area contributed by atoms with Crippen LogP contribution in [-0.4, -0.2) is 33.2 Å². The number of anilines is 1. The third-order valence-electron chi connectivity index (χ3n) is 3.81. The van der Waals surface area contributed by atoms with Gasteiger partial charge in [0, 0.05) is 16.7 Å². The van der Waals surface area contributed by atoms with Crippen molar-refractivity contribution in [1.29, 1.82) is 0 Å². The Morgan fingerprint density at radius 2 is 1.88 bits per heavy atom. The average Bonchev–Trinajstić information content (AvgIpc) is 2.95. The van der Waals surface area contributed by atoms with Crippen molar-refractivity contribution in [1.82, 2.24) is 0 Å². The number of para-hydroxylation sites is 1.